The fourth-order valence-corrected chi connectivity index (χ4v) is 2.42. The molecule has 0 spiro atoms. The first kappa shape index (κ1) is 15.4. The highest BCUT2D eigenvalue weighted by molar-refractivity contribution is 5.94. The van der Waals surface area contributed by atoms with Crippen LogP contribution in [-0.2, 0) is 0 Å². The third-order valence-electron chi connectivity index (χ3n) is 3.60. The van der Waals surface area contributed by atoms with Crippen LogP contribution in [0.3, 0.4) is 0 Å². The highest BCUT2D eigenvalue weighted by atomic mass is 16.4. The lowest BCUT2D eigenvalue weighted by molar-refractivity contribution is 0.0868. The van der Waals surface area contributed by atoms with E-state index in [2.05, 4.69) is 23.8 Å². The monoisotopic (exact) mass is 286 g/mol. The molecule has 0 saturated heterocycles. The summed E-state index contributed by atoms with van der Waals surface area (Å²) in [7, 11) is 0. The van der Waals surface area contributed by atoms with Gasteiger partial charge < -0.3 is 4.42 Å². The van der Waals surface area contributed by atoms with Crippen LogP contribution in [0.4, 0.5) is 0 Å². The summed E-state index contributed by atoms with van der Waals surface area (Å²) in [5.41, 5.74) is 0.886. The van der Waals surface area contributed by atoms with E-state index in [4.69, 9.17) is 4.42 Å². The van der Waals surface area contributed by atoms with E-state index in [1.165, 1.54) is 0 Å². The van der Waals surface area contributed by atoms with Gasteiger partial charge in [-0.2, -0.15) is 0 Å². The molecule has 0 bridgehead atoms. The lowest BCUT2D eigenvalue weighted by Gasteiger charge is -2.11. The van der Waals surface area contributed by atoms with Crippen LogP contribution in [0.25, 0.3) is 11.3 Å². The molecule has 1 atom stereocenters. The van der Waals surface area contributed by atoms with Crippen molar-refractivity contribution in [1.82, 2.24) is 9.97 Å². The number of ketones is 1. The molecule has 2 aromatic rings. The summed E-state index contributed by atoms with van der Waals surface area (Å²) in [5, 5.41) is 0. The van der Waals surface area contributed by atoms with Gasteiger partial charge in [-0.3, -0.25) is 9.78 Å². The minimum absolute atomic E-state index is 0.0268. The Labute approximate surface area is 125 Å². The fourth-order valence-electron chi connectivity index (χ4n) is 2.42. The van der Waals surface area contributed by atoms with Crippen molar-refractivity contribution in [3.05, 3.63) is 36.6 Å². The van der Waals surface area contributed by atoms with Gasteiger partial charge in [0.25, 0.3) is 5.89 Å². The summed E-state index contributed by atoms with van der Waals surface area (Å²) < 4.78 is 5.65. The van der Waals surface area contributed by atoms with E-state index >= 15 is 0 Å². The molecule has 2 rings (SSSR count). The number of Topliss-reactive ketones (excluding diaryl/α,β-unsaturated/α-hetero) is 1. The second-order valence-corrected chi connectivity index (χ2v) is 5.26. The SMILES string of the molecule is CCCCC(CCC)C(=O)c1ncc(-c2ccncc2)o1. The number of nitrogens with zero attached hydrogens (tertiary/aromatic N) is 2. The van der Waals surface area contributed by atoms with Gasteiger partial charge in [0.1, 0.15) is 0 Å². The zero-order valence-electron chi connectivity index (χ0n) is 12.7. The Kier molecular flexibility index (Phi) is 5.67. The summed E-state index contributed by atoms with van der Waals surface area (Å²) in [6.45, 7) is 4.24. The summed E-state index contributed by atoms with van der Waals surface area (Å²) in [4.78, 5) is 20.7. The maximum absolute atomic E-state index is 12.5. The number of hydrogen-bond donors (Lipinski definition) is 0. The Morgan fingerprint density at radius 1 is 1.19 bits per heavy atom. The molecule has 0 fully saturated rings. The van der Waals surface area contributed by atoms with Crippen LogP contribution >= 0.6 is 0 Å². The minimum Gasteiger partial charge on any atom is -0.434 e. The number of pyridine rings is 1. The second-order valence-electron chi connectivity index (χ2n) is 5.26. The van der Waals surface area contributed by atoms with Crippen LogP contribution in [0.2, 0.25) is 0 Å². The zero-order valence-corrected chi connectivity index (χ0v) is 12.7. The molecule has 2 heterocycles. The molecule has 0 N–H and O–H groups in total. The Balaban J connectivity index is 2.13. The second kappa shape index (κ2) is 7.72. The fraction of sp³-hybridized carbons (Fsp3) is 0.471. The summed E-state index contributed by atoms with van der Waals surface area (Å²) in [5.74, 6) is 0.910. The maximum atomic E-state index is 12.5. The van der Waals surface area contributed by atoms with E-state index in [0.29, 0.717) is 5.76 Å². The first-order chi connectivity index (χ1) is 10.3. The summed E-state index contributed by atoms with van der Waals surface area (Å²) in [6, 6.07) is 3.69. The average molecular weight is 286 g/mol. The number of oxazole rings is 1. The van der Waals surface area contributed by atoms with Gasteiger partial charge in [-0.1, -0.05) is 33.1 Å². The van der Waals surface area contributed by atoms with Crippen molar-refractivity contribution in [1.29, 1.82) is 0 Å². The molecule has 0 aliphatic carbocycles. The predicted octanol–water partition coefficient (Wildman–Crippen LogP) is 4.53. The number of aromatic nitrogens is 2. The van der Waals surface area contributed by atoms with Gasteiger partial charge in [-0.05, 0) is 25.0 Å². The molecular weight excluding hydrogens is 264 g/mol. The molecule has 0 saturated carbocycles. The van der Waals surface area contributed by atoms with Crippen molar-refractivity contribution in [3.63, 3.8) is 0 Å². The highest BCUT2D eigenvalue weighted by Gasteiger charge is 2.23. The minimum atomic E-state index is 0.0268. The quantitative estimate of drug-likeness (QED) is 0.669. The molecule has 0 aromatic carbocycles. The molecule has 21 heavy (non-hydrogen) atoms. The average Bonchev–Trinajstić information content (AvgIpc) is 3.01. The smallest absolute Gasteiger partial charge is 0.263 e. The molecule has 112 valence electrons. The van der Waals surface area contributed by atoms with Gasteiger partial charge in [0.05, 0.1) is 6.20 Å². The van der Waals surface area contributed by atoms with Crippen LogP contribution in [0.15, 0.2) is 35.1 Å². The van der Waals surface area contributed by atoms with Crippen molar-refractivity contribution in [2.24, 2.45) is 5.92 Å². The zero-order chi connectivity index (χ0) is 15.1. The Morgan fingerprint density at radius 2 is 1.95 bits per heavy atom. The number of rotatable bonds is 8. The van der Waals surface area contributed by atoms with Gasteiger partial charge in [0.2, 0.25) is 5.78 Å². The van der Waals surface area contributed by atoms with Crippen molar-refractivity contribution in [2.45, 2.75) is 46.0 Å². The topological polar surface area (TPSA) is 56.0 Å². The molecule has 4 nitrogen and oxygen atoms in total. The molecule has 1 unspecified atom stereocenters. The van der Waals surface area contributed by atoms with E-state index in [9.17, 15) is 4.79 Å². The largest absolute Gasteiger partial charge is 0.434 e. The normalized spacial score (nSPS) is 12.3. The lowest BCUT2D eigenvalue weighted by atomic mass is 9.93. The van der Waals surface area contributed by atoms with Gasteiger partial charge in [0.15, 0.2) is 5.76 Å². The Hall–Kier alpha value is -1.97. The summed E-state index contributed by atoms with van der Waals surface area (Å²) >= 11 is 0. The van der Waals surface area contributed by atoms with E-state index in [1.807, 2.05) is 12.1 Å². The van der Waals surface area contributed by atoms with Crippen molar-refractivity contribution >= 4 is 5.78 Å². The van der Waals surface area contributed by atoms with E-state index < -0.39 is 0 Å². The molecule has 0 radical (unpaired) electrons. The van der Waals surface area contributed by atoms with Gasteiger partial charge >= 0.3 is 0 Å². The lowest BCUT2D eigenvalue weighted by Crippen LogP contribution is -2.15. The van der Waals surface area contributed by atoms with Crippen LogP contribution in [0.1, 0.15) is 56.6 Å². The van der Waals surface area contributed by atoms with Crippen LogP contribution < -0.4 is 0 Å². The van der Waals surface area contributed by atoms with Crippen LogP contribution in [0.5, 0.6) is 0 Å². The van der Waals surface area contributed by atoms with E-state index in [-0.39, 0.29) is 17.6 Å². The highest BCUT2D eigenvalue weighted by Crippen LogP contribution is 2.24. The molecule has 4 heteroatoms. The molecule has 0 amide bonds. The number of hydrogen-bond acceptors (Lipinski definition) is 4. The molecule has 0 aliphatic heterocycles. The van der Waals surface area contributed by atoms with Gasteiger partial charge in [-0.15, -0.1) is 0 Å². The van der Waals surface area contributed by atoms with Crippen LogP contribution in [0, 0.1) is 5.92 Å². The van der Waals surface area contributed by atoms with Gasteiger partial charge in [0, 0.05) is 23.9 Å². The maximum Gasteiger partial charge on any atom is 0.263 e. The first-order valence-electron chi connectivity index (χ1n) is 7.66. The molecule has 2 aromatic heterocycles. The summed E-state index contributed by atoms with van der Waals surface area (Å²) in [6.07, 6.45) is 9.97. The number of unbranched alkanes of at least 4 members (excludes halogenated alkanes) is 1. The first-order valence-corrected chi connectivity index (χ1v) is 7.66. The Morgan fingerprint density at radius 3 is 2.62 bits per heavy atom. The number of carbonyl (C=O) groups is 1. The Bertz CT molecular complexity index is 563. The van der Waals surface area contributed by atoms with Crippen molar-refractivity contribution < 1.29 is 9.21 Å². The third-order valence-corrected chi connectivity index (χ3v) is 3.60. The number of carbonyl (C=O) groups excluding carboxylic acids is 1. The van der Waals surface area contributed by atoms with Crippen molar-refractivity contribution in [2.75, 3.05) is 0 Å². The van der Waals surface area contributed by atoms with Crippen LogP contribution in [-0.4, -0.2) is 15.8 Å². The molecular formula is C17H22N2O2. The van der Waals surface area contributed by atoms with Gasteiger partial charge in [-0.25, -0.2) is 4.98 Å². The standard InChI is InChI=1S/C17H22N2O2/c1-3-5-7-14(6-4-2)16(20)17-19-12-15(21-17)13-8-10-18-11-9-13/h8-12,14H,3-7H2,1-2H3. The predicted molar refractivity (Wildman–Crippen MR) is 82.0 cm³/mol. The van der Waals surface area contributed by atoms with E-state index in [1.54, 1.807) is 18.6 Å². The third kappa shape index (κ3) is 4.00. The molecule has 0 aliphatic rings. The van der Waals surface area contributed by atoms with E-state index in [0.717, 1.165) is 37.7 Å². The van der Waals surface area contributed by atoms with Crippen molar-refractivity contribution in [3.8, 4) is 11.3 Å².